The number of hydrogen-bond acceptors (Lipinski definition) is 1. The SMILES string of the molecule is O=C(O)C[C@@H]1CCCCC[C@H]1F. The van der Waals surface area contributed by atoms with Gasteiger partial charge in [-0.25, -0.2) is 4.39 Å². The molecule has 1 fully saturated rings. The fourth-order valence-corrected chi connectivity index (χ4v) is 1.79. The molecule has 70 valence electrons. The molecule has 0 aromatic heterocycles. The molecule has 0 aliphatic heterocycles. The van der Waals surface area contributed by atoms with Gasteiger partial charge in [0, 0.05) is 5.92 Å². The van der Waals surface area contributed by atoms with E-state index in [0.29, 0.717) is 6.42 Å². The van der Waals surface area contributed by atoms with E-state index in [1.54, 1.807) is 0 Å². The van der Waals surface area contributed by atoms with E-state index < -0.39 is 12.1 Å². The van der Waals surface area contributed by atoms with Gasteiger partial charge in [0.15, 0.2) is 0 Å². The summed E-state index contributed by atoms with van der Waals surface area (Å²) in [6.07, 6.45) is 3.36. The lowest BCUT2D eigenvalue weighted by molar-refractivity contribution is -0.138. The molecular formula is C9H15FO2. The van der Waals surface area contributed by atoms with Gasteiger partial charge in [0.1, 0.15) is 6.17 Å². The number of carbonyl (C=O) groups is 1. The highest BCUT2D eigenvalue weighted by Crippen LogP contribution is 2.28. The van der Waals surface area contributed by atoms with Crippen LogP contribution in [0.5, 0.6) is 0 Å². The summed E-state index contributed by atoms with van der Waals surface area (Å²) in [6.45, 7) is 0. The van der Waals surface area contributed by atoms with E-state index in [0.717, 1.165) is 25.7 Å². The molecule has 0 unspecified atom stereocenters. The summed E-state index contributed by atoms with van der Waals surface area (Å²) in [7, 11) is 0. The van der Waals surface area contributed by atoms with E-state index in [2.05, 4.69) is 0 Å². The molecule has 0 aromatic carbocycles. The van der Waals surface area contributed by atoms with Crippen LogP contribution >= 0.6 is 0 Å². The zero-order chi connectivity index (χ0) is 8.97. The van der Waals surface area contributed by atoms with Crippen molar-refractivity contribution >= 4 is 5.97 Å². The largest absolute Gasteiger partial charge is 0.481 e. The van der Waals surface area contributed by atoms with Gasteiger partial charge in [-0.15, -0.1) is 0 Å². The predicted molar refractivity (Wildman–Crippen MR) is 43.7 cm³/mol. The van der Waals surface area contributed by atoms with E-state index >= 15 is 0 Å². The molecule has 0 spiro atoms. The maximum atomic E-state index is 13.2. The molecule has 2 atom stereocenters. The Kier molecular flexibility index (Phi) is 3.50. The van der Waals surface area contributed by atoms with Gasteiger partial charge in [0.2, 0.25) is 0 Å². The Morgan fingerprint density at radius 2 is 2.00 bits per heavy atom. The molecular weight excluding hydrogens is 159 g/mol. The minimum absolute atomic E-state index is 0.00116. The van der Waals surface area contributed by atoms with Gasteiger partial charge in [-0.05, 0) is 12.8 Å². The summed E-state index contributed by atoms with van der Waals surface area (Å²) in [5.74, 6) is -1.10. The third kappa shape index (κ3) is 2.80. The zero-order valence-corrected chi connectivity index (χ0v) is 7.13. The van der Waals surface area contributed by atoms with Crippen LogP contribution < -0.4 is 0 Å². The van der Waals surface area contributed by atoms with Crippen molar-refractivity contribution in [1.29, 1.82) is 0 Å². The van der Waals surface area contributed by atoms with E-state index in [4.69, 9.17) is 5.11 Å². The quantitative estimate of drug-likeness (QED) is 0.652. The Morgan fingerprint density at radius 1 is 1.33 bits per heavy atom. The Balaban J connectivity index is 2.41. The average Bonchev–Trinajstić information content (AvgIpc) is 2.16. The molecule has 3 heteroatoms. The highest BCUT2D eigenvalue weighted by Gasteiger charge is 2.24. The summed E-state index contributed by atoms with van der Waals surface area (Å²) in [4.78, 5) is 10.4. The van der Waals surface area contributed by atoms with Gasteiger partial charge >= 0.3 is 5.97 Å². The van der Waals surface area contributed by atoms with Gasteiger partial charge in [0.05, 0.1) is 6.42 Å². The maximum Gasteiger partial charge on any atom is 0.303 e. The Hall–Kier alpha value is -0.600. The topological polar surface area (TPSA) is 37.3 Å². The molecule has 1 N–H and O–H groups in total. The number of aliphatic carboxylic acids is 1. The van der Waals surface area contributed by atoms with Gasteiger partial charge in [0.25, 0.3) is 0 Å². The second-order valence-electron chi connectivity index (χ2n) is 3.51. The lowest BCUT2D eigenvalue weighted by Gasteiger charge is -2.15. The Morgan fingerprint density at radius 3 is 2.67 bits per heavy atom. The van der Waals surface area contributed by atoms with Crippen LogP contribution in [0.3, 0.4) is 0 Å². The lowest BCUT2D eigenvalue weighted by Crippen LogP contribution is -2.17. The van der Waals surface area contributed by atoms with Crippen molar-refractivity contribution in [2.75, 3.05) is 0 Å². The van der Waals surface area contributed by atoms with Crippen LogP contribution in [0.15, 0.2) is 0 Å². The van der Waals surface area contributed by atoms with E-state index in [1.165, 1.54) is 0 Å². The summed E-state index contributed by atoms with van der Waals surface area (Å²) in [6, 6.07) is 0. The molecule has 1 aliphatic carbocycles. The monoisotopic (exact) mass is 174 g/mol. The van der Waals surface area contributed by atoms with Gasteiger partial charge < -0.3 is 5.11 Å². The van der Waals surface area contributed by atoms with Crippen LogP contribution in [0, 0.1) is 5.92 Å². The average molecular weight is 174 g/mol. The first-order valence-corrected chi connectivity index (χ1v) is 4.56. The normalized spacial score (nSPS) is 31.1. The van der Waals surface area contributed by atoms with Crippen LogP contribution in [0.4, 0.5) is 4.39 Å². The molecule has 2 nitrogen and oxygen atoms in total. The van der Waals surface area contributed by atoms with Gasteiger partial charge in [-0.2, -0.15) is 0 Å². The minimum Gasteiger partial charge on any atom is -0.481 e. The van der Waals surface area contributed by atoms with Crippen LogP contribution in [-0.4, -0.2) is 17.2 Å². The van der Waals surface area contributed by atoms with Crippen LogP contribution in [0.25, 0.3) is 0 Å². The number of halogens is 1. The molecule has 1 saturated carbocycles. The maximum absolute atomic E-state index is 13.2. The van der Waals surface area contributed by atoms with Crippen LogP contribution in [0.1, 0.15) is 38.5 Å². The second kappa shape index (κ2) is 4.43. The first-order valence-electron chi connectivity index (χ1n) is 4.56. The standard InChI is InChI=1S/C9H15FO2/c10-8-5-3-1-2-4-7(8)6-9(11)12/h7-8H,1-6H2,(H,11,12)/t7-,8+/m0/s1. The fourth-order valence-electron chi connectivity index (χ4n) is 1.79. The van der Waals surface area contributed by atoms with Crippen molar-refractivity contribution in [3.05, 3.63) is 0 Å². The van der Waals surface area contributed by atoms with Crippen molar-refractivity contribution < 1.29 is 14.3 Å². The van der Waals surface area contributed by atoms with Crippen molar-refractivity contribution in [2.45, 2.75) is 44.7 Å². The molecule has 0 bridgehead atoms. The zero-order valence-electron chi connectivity index (χ0n) is 7.13. The van der Waals surface area contributed by atoms with E-state index in [1.807, 2.05) is 0 Å². The highest BCUT2D eigenvalue weighted by molar-refractivity contribution is 5.67. The van der Waals surface area contributed by atoms with Crippen LogP contribution in [-0.2, 0) is 4.79 Å². The Bertz CT molecular complexity index is 159. The number of hydrogen-bond donors (Lipinski definition) is 1. The van der Waals surface area contributed by atoms with E-state index in [9.17, 15) is 9.18 Å². The third-order valence-electron chi connectivity index (χ3n) is 2.50. The van der Waals surface area contributed by atoms with Gasteiger partial charge in [-0.1, -0.05) is 19.3 Å². The van der Waals surface area contributed by atoms with E-state index in [-0.39, 0.29) is 12.3 Å². The lowest BCUT2D eigenvalue weighted by atomic mass is 9.95. The molecule has 0 amide bonds. The first kappa shape index (κ1) is 9.49. The van der Waals surface area contributed by atoms with Crippen molar-refractivity contribution in [2.24, 2.45) is 5.92 Å². The molecule has 0 heterocycles. The molecule has 0 aromatic rings. The number of rotatable bonds is 2. The highest BCUT2D eigenvalue weighted by atomic mass is 19.1. The summed E-state index contributed by atoms with van der Waals surface area (Å²) in [5.41, 5.74) is 0. The number of carboxylic acids is 1. The van der Waals surface area contributed by atoms with Crippen molar-refractivity contribution in [1.82, 2.24) is 0 Å². The predicted octanol–water partition coefficient (Wildman–Crippen LogP) is 2.38. The summed E-state index contributed by atoms with van der Waals surface area (Å²) >= 11 is 0. The van der Waals surface area contributed by atoms with Crippen LogP contribution in [0.2, 0.25) is 0 Å². The second-order valence-corrected chi connectivity index (χ2v) is 3.51. The van der Waals surface area contributed by atoms with Crippen molar-refractivity contribution in [3.63, 3.8) is 0 Å². The summed E-state index contributed by atoms with van der Waals surface area (Å²) in [5, 5.41) is 8.51. The van der Waals surface area contributed by atoms with Crippen molar-refractivity contribution in [3.8, 4) is 0 Å². The molecule has 0 saturated heterocycles. The van der Waals surface area contributed by atoms with Gasteiger partial charge in [-0.3, -0.25) is 4.79 Å². The summed E-state index contributed by atoms with van der Waals surface area (Å²) < 4.78 is 13.2. The molecule has 12 heavy (non-hydrogen) atoms. The molecule has 1 aliphatic rings. The number of carboxylic acid groups (broad SMARTS) is 1. The third-order valence-corrected chi connectivity index (χ3v) is 2.50. The first-order chi connectivity index (χ1) is 5.70. The smallest absolute Gasteiger partial charge is 0.303 e. The molecule has 0 radical (unpaired) electrons. The number of alkyl halides is 1. The molecule has 1 rings (SSSR count). The Labute approximate surface area is 71.8 Å². The fraction of sp³-hybridized carbons (Fsp3) is 0.889. The minimum atomic E-state index is -0.886.